The topological polar surface area (TPSA) is 145 Å². The number of rotatable bonds is 6. The van der Waals surface area contributed by atoms with Crippen molar-refractivity contribution in [2.45, 2.75) is 37.7 Å². The molecule has 0 amide bonds. The van der Waals surface area contributed by atoms with Crippen LogP contribution in [0.1, 0.15) is 50.8 Å². The average molecular weight is 583 g/mol. The lowest BCUT2D eigenvalue weighted by Crippen LogP contribution is -2.63. The number of aliphatic hydroxyl groups excluding tert-OH is 1. The smallest absolute Gasteiger partial charge is 0.265 e. The zero-order valence-corrected chi connectivity index (χ0v) is 22.8. The molecule has 43 heavy (non-hydrogen) atoms. The molecule has 3 aromatic carbocycles. The quantitative estimate of drug-likeness (QED) is 0.277. The zero-order chi connectivity index (χ0) is 29.9. The minimum Gasteiger partial charge on any atom is -0.507 e. The van der Waals surface area contributed by atoms with E-state index < -0.39 is 46.6 Å². The number of carbonyl (C=O) groups is 2. The normalized spacial score (nSPS) is 24.1. The number of fused-ring (bicyclic) bond motifs is 4. The Morgan fingerprint density at radius 1 is 0.930 bits per heavy atom. The van der Waals surface area contributed by atoms with Gasteiger partial charge in [0.25, 0.3) is 5.88 Å². The number of ether oxygens (including phenoxy) is 2. The van der Waals surface area contributed by atoms with Crippen LogP contribution in [0, 0.1) is 17.7 Å². The Hall–Kier alpha value is -4.80. The fraction of sp³-hybridized carbons (Fsp3) is 0.242. The van der Waals surface area contributed by atoms with E-state index in [0.717, 1.165) is 11.1 Å². The number of benzene rings is 3. The van der Waals surface area contributed by atoms with Crippen molar-refractivity contribution in [2.24, 2.45) is 17.6 Å². The summed E-state index contributed by atoms with van der Waals surface area (Å²) in [6.45, 7) is 0.195. The number of hydrogen-bond donors (Lipinski definition) is 3. The van der Waals surface area contributed by atoms with E-state index in [0.29, 0.717) is 0 Å². The lowest BCUT2D eigenvalue weighted by molar-refractivity contribution is -0.140. The number of nitrogens with two attached hydrogens (primary N) is 1. The molecule has 0 saturated heterocycles. The highest BCUT2D eigenvalue weighted by molar-refractivity contribution is 6.26. The molecule has 3 aliphatic carbocycles. The molecular formula is C33H27FN2O7. The van der Waals surface area contributed by atoms with E-state index in [1.807, 2.05) is 60.7 Å². The summed E-state index contributed by atoms with van der Waals surface area (Å²) in [4.78, 5) is 28.1. The number of aliphatic hydroxyl groups is 2. The molecule has 0 radical (unpaired) electrons. The summed E-state index contributed by atoms with van der Waals surface area (Å²) < 4.78 is 32.3. The van der Waals surface area contributed by atoms with Gasteiger partial charge in [-0.1, -0.05) is 60.7 Å². The van der Waals surface area contributed by atoms with E-state index in [2.05, 4.69) is 5.16 Å². The van der Waals surface area contributed by atoms with Crippen LogP contribution in [0.4, 0.5) is 4.39 Å². The van der Waals surface area contributed by atoms with Gasteiger partial charge in [0.15, 0.2) is 11.4 Å². The van der Waals surface area contributed by atoms with Crippen molar-refractivity contribution in [3.63, 3.8) is 0 Å². The highest BCUT2D eigenvalue weighted by atomic mass is 19.1. The van der Waals surface area contributed by atoms with Crippen LogP contribution in [-0.2, 0) is 24.4 Å². The van der Waals surface area contributed by atoms with Gasteiger partial charge in [0.1, 0.15) is 36.1 Å². The first-order chi connectivity index (χ1) is 20.8. The van der Waals surface area contributed by atoms with Gasteiger partial charge >= 0.3 is 0 Å². The Bertz CT molecular complexity index is 1790. The Balaban J connectivity index is 1.26. The predicted molar refractivity (Wildman–Crippen MR) is 151 cm³/mol. The second-order valence-electron chi connectivity index (χ2n) is 11.1. The summed E-state index contributed by atoms with van der Waals surface area (Å²) >= 11 is 0. The van der Waals surface area contributed by atoms with Crippen molar-refractivity contribution in [1.82, 2.24) is 5.16 Å². The van der Waals surface area contributed by atoms with Crippen LogP contribution in [-0.4, -0.2) is 32.5 Å². The molecule has 1 fully saturated rings. The molecule has 9 nitrogen and oxygen atoms in total. The molecule has 1 heterocycles. The second kappa shape index (κ2) is 10.2. The van der Waals surface area contributed by atoms with E-state index >= 15 is 4.39 Å². The first-order valence-corrected chi connectivity index (χ1v) is 13.9. The lowest BCUT2D eigenvalue weighted by Gasteiger charge is -2.47. The fourth-order valence-electron chi connectivity index (χ4n) is 6.54. The van der Waals surface area contributed by atoms with Crippen molar-refractivity contribution in [1.29, 1.82) is 0 Å². The van der Waals surface area contributed by atoms with Crippen LogP contribution in [0.5, 0.6) is 11.6 Å². The molecule has 0 bridgehead atoms. The minimum atomic E-state index is -2.61. The number of Topliss-reactive ketones (excluding diaryl/α,β-unsaturated/α-hetero) is 2. The van der Waals surface area contributed by atoms with Crippen LogP contribution >= 0.6 is 0 Å². The molecule has 1 aromatic heterocycles. The Morgan fingerprint density at radius 3 is 2.26 bits per heavy atom. The summed E-state index contributed by atoms with van der Waals surface area (Å²) in [6.07, 6.45) is 0.0554. The van der Waals surface area contributed by atoms with Crippen LogP contribution in [0.25, 0.3) is 5.76 Å². The molecule has 0 unspecified atom stereocenters. The molecule has 7 rings (SSSR count). The SMILES string of the molecule is N[C@@H]1c2onc(OCc3ccccc3)c2C(=O)[C@@]2(O)C(=O)C3=C(O)c4c(OCc5ccccc5)ccc(F)c4C[C@H]3C[C@@H]12. The molecule has 4 atom stereocenters. The average Bonchev–Trinajstić information content (AvgIpc) is 3.45. The summed E-state index contributed by atoms with van der Waals surface area (Å²) in [5.74, 6) is -4.86. The largest absolute Gasteiger partial charge is 0.507 e. The third kappa shape index (κ3) is 4.16. The maximum Gasteiger partial charge on any atom is 0.265 e. The van der Waals surface area contributed by atoms with Gasteiger partial charge in [-0.25, -0.2) is 4.39 Å². The van der Waals surface area contributed by atoms with Gasteiger partial charge in [0.2, 0.25) is 11.6 Å². The van der Waals surface area contributed by atoms with Gasteiger partial charge in [-0.15, -0.1) is 0 Å². The zero-order valence-electron chi connectivity index (χ0n) is 22.8. The Morgan fingerprint density at radius 2 is 1.58 bits per heavy atom. The number of aromatic nitrogens is 1. The van der Waals surface area contributed by atoms with E-state index in [-0.39, 0.29) is 65.7 Å². The summed E-state index contributed by atoms with van der Waals surface area (Å²) in [5, 5.41) is 27.3. The Kier molecular flexibility index (Phi) is 6.41. The van der Waals surface area contributed by atoms with Crippen LogP contribution in [0.2, 0.25) is 0 Å². The molecule has 0 spiro atoms. The van der Waals surface area contributed by atoms with Gasteiger partial charge in [-0.3, -0.25) is 9.59 Å². The highest BCUT2D eigenvalue weighted by Gasteiger charge is 2.64. The fourth-order valence-corrected chi connectivity index (χ4v) is 6.54. The minimum absolute atomic E-state index is 0.00572. The molecule has 4 aromatic rings. The number of ketones is 2. The molecule has 0 aliphatic heterocycles. The van der Waals surface area contributed by atoms with Gasteiger partial charge in [0, 0.05) is 17.1 Å². The van der Waals surface area contributed by atoms with Crippen LogP contribution < -0.4 is 15.2 Å². The van der Waals surface area contributed by atoms with E-state index in [1.165, 1.54) is 12.1 Å². The molecule has 218 valence electrons. The maximum atomic E-state index is 15.1. The van der Waals surface area contributed by atoms with Crippen molar-refractivity contribution in [2.75, 3.05) is 0 Å². The van der Waals surface area contributed by atoms with Gasteiger partial charge in [-0.2, -0.15) is 0 Å². The summed E-state index contributed by atoms with van der Waals surface area (Å²) in [5.41, 5.74) is 5.39. The van der Waals surface area contributed by atoms with E-state index in [4.69, 9.17) is 19.7 Å². The van der Waals surface area contributed by atoms with Crippen molar-refractivity contribution < 1.29 is 38.2 Å². The molecular weight excluding hydrogens is 555 g/mol. The third-order valence-electron chi connectivity index (χ3n) is 8.69. The van der Waals surface area contributed by atoms with Crippen LogP contribution in [0.15, 0.2) is 82.9 Å². The molecule has 1 saturated carbocycles. The van der Waals surface area contributed by atoms with Gasteiger partial charge < -0.3 is 29.9 Å². The number of halogens is 1. The van der Waals surface area contributed by atoms with E-state index in [9.17, 15) is 19.8 Å². The highest BCUT2D eigenvalue weighted by Crippen LogP contribution is 2.54. The molecule has 10 heteroatoms. The van der Waals surface area contributed by atoms with Crippen LogP contribution in [0.3, 0.4) is 0 Å². The standard InChI is InChI=1S/C33H27FN2O7/c34-22-11-12-23(41-15-17-7-3-1-4-8-17)25-20(22)13-19-14-21-27(35)29-26(31(39)33(21,40)30(38)24(19)28(25)37)32(36-43-29)42-16-18-9-5-2-6-10-18/h1-12,19,21,27,37,40H,13-16,35H2/t19-,21-,27-,33-/m0/s1. The van der Waals surface area contributed by atoms with Gasteiger partial charge in [-0.05, 0) is 47.2 Å². The summed E-state index contributed by atoms with van der Waals surface area (Å²) in [6, 6.07) is 20.0. The molecule has 4 N–H and O–H groups in total. The molecule has 3 aliphatic rings. The second-order valence-corrected chi connectivity index (χ2v) is 11.1. The lowest BCUT2D eigenvalue weighted by atomic mass is 9.57. The first-order valence-electron chi connectivity index (χ1n) is 13.9. The predicted octanol–water partition coefficient (Wildman–Crippen LogP) is 4.63. The van der Waals surface area contributed by atoms with Gasteiger partial charge in [0.05, 0.1) is 11.6 Å². The maximum absolute atomic E-state index is 15.1. The third-order valence-corrected chi connectivity index (χ3v) is 8.69. The summed E-state index contributed by atoms with van der Waals surface area (Å²) in [7, 11) is 0. The first kappa shape index (κ1) is 27.1. The Labute approximate surface area is 245 Å². The monoisotopic (exact) mass is 582 g/mol. The number of carbonyl (C=O) groups excluding carboxylic acids is 2. The van der Waals surface area contributed by atoms with E-state index in [1.54, 1.807) is 0 Å². The van der Waals surface area contributed by atoms with Crippen molar-refractivity contribution in [3.05, 3.63) is 118 Å². The van der Waals surface area contributed by atoms with Crippen molar-refractivity contribution >= 4 is 17.3 Å². The number of hydrogen-bond acceptors (Lipinski definition) is 9. The van der Waals surface area contributed by atoms with Crippen molar-refractivity contribution in [3.8, 4) is 11.6 Å². The number of nitrogens with zero attached hydrogens (tertiary/aromatic N) is 1.